The van der Waals surface area contributed by atoms with Gasteiger partial charge in [-0.15, -0.1) is 0 Å². The van der Waals surface area contributed by atoms with Crippen molar-refractivity contribution in [1.29, 1.82) is 0 Å². The van der Waals surface area contributed by atoms with Gasteiger partial charge in [-0.2, -0.15) is 0 Å². The number of esters is 1. The summed E-state index contributed by atoms with van der Waals surface area (Å²) in [5, 5.41) is 19.2. The van der Waals surface area contributed by atoms with Gasteiger partial charge < -0.3 is 23.8 Å². The lowest BCUT2D eigenvalue weighted by Crippen LogP contribution is -2.41. The number of aromatic hydroxyl groups is 1. The van der Waals surface area contributed by atoms with Gasteiger partial charge in [0.05, 0.1) is 11.7 Å². The highest BCUT2D eigenvalue weighted by Gasteiger charge is 2.34. The molecule has 0 aromatic heterocycles. The summed E-state index contributed by atoms with van der Waals surface area (Å²) in [5.41, 5.74) is 0.343. The molecule has 0 fully saturated rings. The summed E-state index contributed by atoms with van der Waals surface area (Å²) < 4.78 is 16.9. The van der Waals surface area contributed by atoms with Crippen molar-refractivity contribution in [3.63, 3.8) is 0 Å². The van der Waals surface area contributed by atoms with Gasteiger partial charge in [-0.05, 0) is 63.0 Å². The molecule has 142 valence electrons. The van der Waals surface area contributed by atoms with Crippen LogP contribution in [-0.4, -0.2) is 50.7 Å². The molecule has 7 heteroatoms. The van der Waals surface area contributed by atoms with Gasteiger partial charge in [-0.3, -0.25) is 0 Å². The van der Waals surface area contributed by atoms with E-state index in [4.69, 9.17) is 13.6 Å². The summed E-state index contributed by atoms with van der Waals surface area (Å²) in [7, 11) is -2.18. The van der Waals surface area contributed by atoms with Crippen LogP contribution >= 0.6 is 0 Å². The third kappa shape index (κ3) is 7.56. The van der Waals surface area contributed by atoms with E-state index >= 15 is 0 Å². The van der Waals surface area contributed by atoms with E-state index < -0.39 is 20.6 Å². The number of carbonyl (C=O) groups is 1. The van der Waals surface area contributed by atoms with E-state index in [1.165, 1.54) is 24.3 Å². The molecule has 1 unspecified atom stereocenters. The Balaban J connectivity index is 2.37. The minimum atomic E-state index is -2.18. The predicted molar refractivity (Wildman–Crippen MR) is 97.9 cm³/mol. The van der Waals surface area contributed by atoms with Gasteiger partial charge in [-0.1, -0.05) is 6.92 Å². The SMILES string of the molecule is CCO[Si](CC)(CCCC(O)COC(=O)c1ccc(O)cc1)OCC. The fourth-order valence-electron chi connectivity index (χ4n) is 2.64. The number of hydrogen-bond acceptors (Lipinski definition) is 6. The summed E-state index contributed by atoms with van der Waals surface area (Å²) in [5.74, 6) is -0.427. The molecule has 1 aromatic rings. The first kappa shape index (κ1) is 21.6. The van der Waals surface area contributed by atoms with Crippen molar-refractivity contribution in [1.82, 2.24) is 0 Å². The Morgan fingerprint density at radius 1 is 1.12 bits per heavy atom. The largest absolute Gasteiger partial charge is 0.508 e. The van der Waals surface area contributed by atoms with Crippen LogP contribution in [0.15, 0.2) is 24.3 Å². The molecule has 0 bridgehead atoms. The smallest absolute Gasteiger partial charge is 0.338 e. The van der Waals surface area contributed by atoms with Crippen LogP contribution in [0.25, 0.3) is 0 Å². The number of phenolic OH excluding ortho intramolecular Hbond substituents is 1. The molecule has 0 radical (unpaired) electrons. The van der Waals surface area contributed by atoms with E-state index in [0.29, 0.717) is 25.2 Å². The molecular formula is C18H30O6Si. The van der Waals surface area contributed by atoms with Crippen molar-refractivity contribution in [3.8, 4) is 5.75 Å². The zero-order valence-electron chi connectivity index (χ0n) is 15.4. The van der Waals surface area contributed by atoms with Crippen LogP contribution in [0.5, 0.6) is 5.75 Å². The maximum Gasteiger partial charge on any atom is 0.338 e. The zero-order chi connectivity index (χ0) is 18.7. The van der Waals surface area contributed by atoms with E-state index in [2.05, 4.69) is 6.92 Å². The first-order valence-corrected chi connectivity index (χ1v) is 11.1. The Morgan fingerprint density at radius 3 is 2.24 bits per heavy atom. The van der Waals surface area contributed by atoms with E-state index in [-0.39, 0.29) is 12.4 Å². The fraction of sp³-hybridized carbons (Fsp3) is 0.611. The van der Waals surface area contributed by atoms with Gasteiger partial charge >= 0.3 is 14.5 Å². The molecule has 0 saturated carbocycles. The van der Waals surface area contributed by atoms with Gasteiger partial charge in [-0.25, -0.2) is 4.79 Å². The van der Waals surface area contributed by atoms with E-state index in [1.807, 2.05) is 13.8 Å². The van der Waals surface area contributed by atoms with E-state index in [1.54, 1.807) is 0 Å². The third-order valence-electron chi connectivity index (χ3n) is 3.96. The maximum absolute atomic E-state index is 11.9. The molecule has 0 spiro atoms. The number of ether oxygens (including phenoxy) is 1. The molecular weight excluding hydrogens is 340 g/mol. The first-order chi connectivity index (χ1) is 12.0. The highest BCUT2D eigenvalue weighted by molar-refractivity contribution is 6.67. The topological polar surface area (TPSA) is 85.2 Å². The van der Waals surface area contributed by atoms with Crippen LogP contribution in [0.1, 0.15) is 44.0 Å². The number of hydrogen-bond donors (Lipinski definition) is 2. The molecule has 0 heterocycles. The van der Waals surface area contributed by atoms with Crippen molar-refractivity contribution in [2.45, 2.75) is 51.8 Å². The highest BCUT2D eigenvalue weighted by atomic mass is 28.4. The zero-order valence-corrected chi connectivity index (χ0v) is 16.4. The Morgan fingerprint density at radius 2 is 1.72 bits per heavy atom. The molecule has 0 aliphatic carbocycles. The van der Waals surface area contributed by atoms with Crippen molar-refractivity contribution >= 4 is 14.5 Å². The summed E-state index contributed by atoms with van der Waals surface area (Å²) in [6, 6.07) is 7.49. The molecule has 6 nitrogen and oxygen atoms in total. The summed E-state index contributed by atoms with van der Waals surface area (Å²) in [6.07, 6.45) is 0.573. The monoisotopic (exact) mass is 370 g/mol. The second-order valence-corrected chi connectivity index (χ2v) is 9.43. The van der Waals surface area contributed by atoms with Gasteiger partial charge in [0.1, 0.15) is 12.4 Å². The quantitative estimate of drug-likeness (QED) is 0.434. The second-order valence-electron chi connectivity index (χ2n) is 5.82. The van der Waals surface area contributed by atoms with Crippen LogP contribution in [0.3, 0.4) is 0 Å². The lowest BCUT2D eigenvalue weighted by Gasteiger charge is -2.29. The molecule has 25 heavy (non-hydrogen) atoms. The minimum absolute atomic E-state index is 0.0519. The van der Waals surface area contributed by atoms with Gasteiger partial charge in [0.25, 0.3) is 0 Å². The number of benzene rings is 1. The molecule has 2 N–H and O–H groups in total. The fourth-order valence-corrected chi connectivity index (χ4v) is 5.56. The van der Waals surface area contributed by atoms with Gasteiger partial charge in [0.2, 0.25) is 0 Å². The Labute approximate surface area is 151 Å². The third-order valence-corrected chi connectivity index (χ3v) is 7.78. The van der Waals surface area contributed by atoms with Crippen LogP contribution in [0, 0.1) is 0 Å². The van der Waals surface area contributed by atoms with Crippen molar-refractivity contribution in [2.24, 2.45) is 0 Å². The first-order valence-electron chi connectivity index (χ1n) is 8.88. The molecule has 1 rings (SSSR count). The summed E-state index contributed by atoms with van der Waals surface area (Å²) >= 11 is 0. The van der Waals surface area contributed by atoms with E-state index in [9.17, 15) is 15.0 Å². The number of carbonyl (C=O) groups excluding carboxylic acids is 1. The number of aliphatic hydroxyl groups excluding tert-OH is 1. The van der Waals surface area contributed by atoms with Crippen LogP contribution < -0.4 is 0 Å². The Bertz CT molecular complexity index is 499. The lowest BCUT2D eigenvalue weighted by atomic mass is 10.2. The normalized spacial score (nSPS) is 12.8. The average molecular weight is 371 g/mol. The molecule has 1 atom stereocenters. The van der Waals surface area contributed by atoms with Crippen molar-refractivity contribution < 1.29 is 28.6 Å². The molecule has 0 saturated heterocycles. The van der Waals surface area contributed by atoms with Gasteiger partial charge in [0.15, 0.2) is 0 Å². The number of rotatable bonds is 12. The lowest BCUT2D eigenvalue weighted by molar-refractivity contribution is 0.0234. The molecule has 0 aliphatic heterocycles. The van der Waals surface area contributed by atoms with Crippen molar-refractivity contribution in [2.75, 3.05) is 19.8 Å². The van der Waals surface area contributed by atoms with E-state index in [0.717, 1.165) is 18.5 Å². The second kappa shape index (κ2) is 11.3. The van der Waals surface area contributed by atoms with Crippen molar-refractivity contribution in [3.05, 3.63) is 29.8 Å². The molecule has 0 aliphatic rings. The standard InChI is InChI=1S/C18H30O6Si/c1-4-23-25(6-3,24-5-2)13-7-8-17(20)14-22-18(21)15-9-11-16(19)12-10-15/h9-12,17,19-20H,4-8,13-14H2,1-3H3. The van der Waals surface area contributed by atoms with Crippen LogP contribution in [0.2, 0.25) is 12.1 Å². The Kier molecular flexibility index (Phi) is 9.73. The minimum Gasteiger partial charge on any atom is -0.508 e. The van der Waals surface area contributed by atoms with Gasteiger partial charge in [0, 0.05) is 13.2 Å². The summed E-state index contributed by atoms with van der Waals surface area (Å²) in [6.45, 7) is 7.22. The molecule has 0 amide bonds. The highest BCUT2D eigenvalue weighted by Crippen LogP contribution is 2.22. The van der Waals surface area contributed by atoms with Crippen LogP contribution in [0.4, 0.5) is 0 Å². The number of aliphatic hydroxyl groups is 1. The molecule has 1 aromatic carbocycles. The maximum atomic E-state index is 11.9. The Hall–Kier alpha value is -1.41. The predicted octanol–water partition coefficient (Wildman–Crippen LogP) is 3.23. The average Bonchev–Trinajstić information content (AvgIpc) is 2.60. The summed E-state index contributed by atoms with van der Waals surface area (Å²) in [4.78, 5) is 11.9. The number of phenols is 1. The van der Waals surface area contributed by atoms with Crippen LogP contribution in [-0.2, 0) is 13.6 Å².